The molecular formula is C15H29N3. The molecule has 104 valence electrons. The Balaban J connectivity index is 1.40. The Morgan fingerprint density at radius 3 is 2.83 bits per heavy atom. The quantitative estimate of drug-likeness (QED) is 0.802. The molecule has 0 aromatic rings. The number of hydrogen-bond donors (Lipinski definition) is 1. The van der Waals surface area contributed by atoms with Gasteiger partial charge in [0.05, 0.1) is 0 Å². The van der Waals surface area contributed by atoms with Crippen molar-refractivity contribution in [2.75, 3.05) is 32.7 Å². The predicted molar refractivity (Wildman–Crippen MR) is 75.9 cm³/mol. The molecular weight excluding hydrogens is 222 g/mol. The molecule has 1 N–H and O–H groups in total. The van der Waals surface area contributed by atoms with Gasteiger partial charge in [-0.3, -0.25) is 9.80 Å². The maximum absolute atomic E-state index is 3.65. The normalized spacial score (nSPS) is 32.2. The Bertz CT molecular complexity index is 264. The van der Waals surface area contributed by atoms with E-state index in [4.69, 9.17) is 0 Å². The van der Waals surface area contributed by atoms with E-state index in [1.807, 2.05) is 0 Å². The first-order valence-corrected chi connectivity index (χ1v) is 8.04. The number of rotatable bonds is 5. The van der Waals surface area contributed by atoms with Crippen molar-refractivity contribution in [3.05, 3.63) is 0 Å². The third kappa shape index (κ3) is 3.25. The maximum Gasteiger partial charge on any atom is 0.0223 e. The van der Waals surface area contributed by atoms with Crippen LogP contribution in [0.3, 0.4) is 0 Å². The van der Waals surface area contributed by atoms with Crippen LogP contribution in [0.1, 0.15) is 45.4 Å². The molecule has 3 nitrogen and oxygen atoms in total. The minimum Gasteiger partial charge on any atom is -0.314 e. The number of piperazine rings is 1. The summed E-state index contributed by atoms with van der Waals surface area (Å²) in [5.74, 6) is 0. The second-order valence-corrected chi connectivity index (χ2v) is 6.55. The molecule has 0 spiro atoms. The fraction of sp³-hybridized carbons (Fsp3) is 1.00. The topological polar surface area (TPSA) is 18.5 Å². The summed E-state index contributed by atoms with van der Waals surface area (Å²) in [4.78, 5) is 5.47. The Morgan fingerprint density at radius 1 is 1.11 bits per heavy atom. The third-order valence-electron chi connectivity index (χ3n) is 5.06. The van der Waals surface area contributed by atoms with Crippen molar-refractivity contribution in [1.82, 2.24) is 15.1 Å². The zero-order chi connectivity index (χ0) is 12.4. The first kappa shape index (κ1) is 12.9. The number of nitrogens with zero attached hydrogens (tertiary/aromatic N) is 2. The monoisotopic (exact) mass is 251 g/mol. The molecule has 3 aliphatic rings. The summed E-state index contributed by atoms with van der Waals surface area (Å²) in [6.45, 7) is 8.93. The van der Waals surface area contributed by atoms with Crippen LogP contribution in [0.4, 0.5) is 0 Å². The predicted octanol–water partition coefficient (Wildman–Crippen LogP) is 1.69. The lowest BCUT2D eigenvalue weighted by Gasteiger charge is -2.46. The Hall–Kier alpha value is -0.120. The van der Waals surface area contributed by atoms with Gasteiger partial charge in [0.1, 0.15) is 0 Å². The summed E-state index contributed by atoms with van der Waals surface area (Å²) in [6, 6.07) is 2.50. The van der Waals surface area contributed by atoms with Crippen LogP contribution in [0.2, 0.25) is 0 Å². The highest BCUT2D eigenvalue weighted by atomic mass is 15.3. The molecule has 3 heteroatoms. The molecule has 0 bridgehead atoms. The summed E-state index contributed by atoms with van der Waals surface area (Å²) >= 11 is 0. The minimum absolute atomic E-state index is 0.764. The lowest BCUT2D eigenvalue weighted by atomic mass is 9.98. The van der Waals surface area contributed by atoms with Gasteiger partial charge >= 0.3 is 0 Å². The molecule has 2 atom stereocenters. The number of nitrogens with one attached hydrogen (secondary N) is 1. The van der Waals surface area contributed by atoms with Crippen LogP contribution in [-0.2, 0) is 0 Å². The van der Waals surface area contributed by atoms with Crippen LogP contribution in [0, 0.1) is 0 Å². The summed E-state index contributed by atoms with van der Waals surface area (Å²) < 4.78 is 0. The minimum atomic E-state index is 0.764. The largest absolute Gasteiger partial charge is 0.314 e. The SMILES string of the molecule is CC(CCNC1CC1)N1CCN2CCCCC2C1. The van der Waals surface area contributed by atoms with Crippen molar-refractivity contribution in [3.63, 3.8) is 0 Å². The Morgan fingerprint density at radius 2 is 2.00 bits per heavy atom. The fourth-order valence-electron chi connectivity index (χ4n) is 3.55. The molecule has 18 heavy (non-hydrogen) atoms. The first-order valence-electron chi connectivity index (χ1n) is 8.04. The third-order valence-corrected chi connectivity index (χ3v) is 5.06. The van der Waals surface area contributed by atoms with Crippen LogP contribution in [0.5, 0.6) is 0 Å². The molecule has 1 saturated carbocycles. The standard InChI is InChI=1S/C15H29N3/c1-13(7-8-16-14-5-6-14)18-11-10-17-9-3-2-4-15(17)12-18/h13-16H,2-12H2,1H3. The smallest absolute Gasteiger partial charge is 0.0223 e. The zero-order valence-electron chi connectivity index (χ0n) is 11.9. The molecule has 2 saturated heterocycles. The average Bonchev–Trinajstić information content (AvgIpc) is 3.22. The summed E-state index contributed by atoms with van der Waals surface area (Å²) in [7, 11) is 0. The van der Waals surface area contributed by atoms with Crippen molar-refractivity contribution >= 4 is 0 Å². The maximum atomic E-state index is 3.65. The molecule has 0 aromatic heterocycles. The molecule has 2 unspecified atom stereocenters. The van der Waals surface area contributed by atoms with Crippen molar-refractivity contribution in [3.8, 4) is 0 Å². The van der Waals surface area contributed by atoms with Gasteiger partial charge in [0.25, 0.3) is 0 Å². The fourth-order valence-corrected chi connectivity index (χ4v) is 3.55. The molecule has 1 aliphatic carbocycles. The molecule has 3 rings (SSSR count). The zero-order valence-corrected chi connectivity index (χ0v) is 11.9. The van der Waals surface area contributed by atoms with E-state index < -0.39 is 0 Å². The number of piperidine rings is 1. The van der Waals surface area contributed by atoms with Crippen LogP contribution >= 0.6 is 0 Å². The van der Waals surface area contributed by atoms with Crippen LogP contribution in [0.25, 0.3) is 0 Å². The van der Waals surface area contributed by atoms with E-state index in [2.05, 4.69) is 22.0 Å². The molecule has 2 aliphatic heterocycles. The summed E-state index contributed by atoms with van der Waals surface area (Å²) in [5.41, 5.74) is 0. The van der Waals surface area contributed by atoms with E-state index in [0.29, 0.717) is 0 Å². The van der Waals surface area contributed by atoms with Gasteiger partial charge in [0.2, 0.25) is 0 Å². The van der Waals surface area contributed by atoms with Gasteiger partial charge in [0.15, 0.2) is 0 Å². The summed E-state index contributed by atoms with van der Waals surface area (Å²) in [5, 5.41) is 3.65. The van der Waals surface area contributed by atoms with E-state index in [9.17, 15) is 0 Å². The van der Waals surface area contributed by atoms with E-state index >= 15 is 0 Å². The highest BCUT2D eigenvalue weighted by molar-refractivity contribution is 4.87. The Labute approximate surface area is 112 Å². The molecule has 3 fully saturated rings. The lowest BCUT2D eigenvalue weighted by Crippen LogP contribution is -2.56. The van der Waals surface area contributed by atoms with E-state index in [1.165, 1.54) is 71.2 Å². The molecule has 0 aromatic carbocycles. The molecule has 0 radical (unpaired) electrons. The van der Waals surface area contributed by atoms with Crippen molar-refractivity contribution in [1.29, 1.82) is 0 Å². The van der Waals surface area contributed by atoms with Crippen molar-refractivity contribution in [2.45, 2.75) is 63.6 Å². The van der Waals surface area contributed by atoms with Crippen LogP contribution < -0.4 is 5.32 Å². The molecule has 2 heterocycles. The Kier molecular flexibility index (Phi) is 4.22. The number of fused-ring (bicyclic) bond motifs is 1. The van der Waals surface area contributed by atoms with E-state index in [-0.39, 0.29) is 0 Å². The van der Waals surface area contributed by atoms with E-state index in [0.717, 1.165) is 18.1 Å². The molecule has 0 amide bonds. The first-order chi connectivity index (χ1) is 8.83. The van der Waals surface area contributed by atoms with Gasteiger partial charge in [-0.15, -0.1) is 0 Å². The second-order valence-electron chi connectivity index (χ2n) is 6.55. The lowest BCUT2D eigenvalue weighted by molar-refractivity contribution is 0.0294. The van der Waals surface area contributed by atoms with Crippen LogP contribution in [0.15, 0.2) is 0 Å². The van der Waals surface area contributed by atoms with Gasteiger partial charge in [-0.05, 0) is 52.1 Å². The van der Waals surface area contributed by atoms with Gasteiger partial charge in [-0.2, -0.15) is 0 Å². The highest BCUT2D eigenvalue weighted by Crippen LogP contribution is 2.23. The van der Waals surface area contributed by atoms with Gasteiger partial charge in [-0.1, -0.05) is 6.42 Å². The van der Waals surface area contributed by atoms with Gasteiger partial charge in [0, 0.05) is 37.8 Å². The van der Waals surface area contributed by atoms with Gasteiger partial charge < -0.3 is 5.32 Å². The second kappa shape index (κ2) is 5.89. The van der Waals surface area contributed by atoms with Crippen molar-refractivity contribution in [2.24, 2.45) is 0 Å². The van der Waals surface area contributed by atoms with Crippen LogP contribution in [-0.4, -0.2) is 60.6 Å². The average molecular weight is 251 g/mol. The number of hydrogen-bond acceptors (Lipinski definition) is 3. The highest BCUT2D eigenvalue weighted by Gasteiger charge is 2.30. The van der Waals surface area contributed by atoms with Gasteiger partial charge in [-0.25, -0.2) is 0 Å². The van der Waals surface area contributed by atoms with Crippen molar-refractivity contribution < 1.29 is 0 Å². The summed E-state index contributed by atoms with van der Waals surface area (Å²) in [6.07, 6.45) is 8.46. The van der Waals surface area contributed by atoms with E-state index in [1.54, 1.807) is 0 Å².